The number of nitrogens with two attached hydrogens (primary N) is 1. The lowest BCUT2D eigenvalue weighted by atomic mass is 10.1. The van der Waals surface area contributed by atoms with Gasteiger partial charge >= 0.3 is 0 Å². The molecule has 1 fully saturated rings. The van der Waals surface area contributed by atoms with Gasteiger partial charge in [0.15, 0.2) is 11.0 Å². The lowest BCUT2D eigenvalue weighted by Gasteiger charge is -2.11. The third kappa shape index (κ3) is 2.08. The first-order valence-corrected chi connectivity index (χ1v) is 5.05. The van der Waals surface area contributed by atoms with Crippen molar-refractivity contribution in [2.45, 2.75) is 12.8 Å². The van der Waals surface area contributed by atoms with Gasteiger partial charge in [0.1, 0.15) is 0 Å². The number of nitrogens with one attached hydrogen (secondary N) is 1. The molecule has 1 aliphatic carbocycles. The van der Waals surface area contributed by atoms with E-state index in [0.29, 0.717) is 17.5 Å². The summed E-state index contributed by atoms with van der Waals surface area (Å²) in [6, 6.07) is 3.19. The van der Waals surface area contributed by atoms with Gasteiger partial charge in [0.2, 0.25) is 5.91 Å². The van der Waals surface area contributed by atoms with E-state index in [1.54, 1.807) is 12.1 Å². The van der Waals surface area contributed by atoms with Crippen molar-refractivity contribution in [1.29, 1.82) is 0 Å². The summed E-state index contributed by atoms with van der Waals surface area (Å²) in [6.07, 6.45) is 1.69. The van der Waals surface area contributed by atoms with Crippen LogP contribution < -0.4 is 11.1 Å². The van der Waals surface area contributed by atoms with Crippen LogP contribution in [0.2, 0.25) is 5.15 Å². The second-order valence-electron chi connectivity index (χ2n) is 3.68. The van der Waals surface area contributed by atoms with Gasteiger partial charge in [-0.1, -0.05) is 11.6 Å². The van der Waals surface area contributed by atoms with Crippen molar-refractivity contribution in [1.82, 2.24) is 10.2 Å². The summed E-state index contributed by atoms with van der Waals surface area (Å²) in [6.45, 7) is 0.375. The second-order valence-corrected chi connectivity index (χ2v) is 4.07. The second kappa shape index (κ2) is 3.75. The van der Waals surface area contributed by atoms with Gasteiger partial charge < -0.3 is 11.1 Å². The quantitative estimate of drug-likeness (QED) is 0.799. The molecule has 0 radical (unpaired) electrons. The SMILES string of the molecule is NCC1(C(=O)Nc2ccc(Cl)nn2)CC1. The third-order valence-electron chi connectivity index (χ3n) is 2.60. The average Bonchev–Trinajstić information content (AvgIpc) is 3.02. The fraction of sp³-hybridized carbons (Fsp3) is 0.444. The van der Waals surface area contributed by atoms with Crippen molar-refractivity contribution in [3.05, 3.63) is 17.3 Å². The molecule has 2 rings (SSSR count). The number of hydrogen-bond donors (Lipinski definition) is 2. The molecular formula is C9H11ClN4O. The van der Waals surface area contributed by atoms with E-state index in [1.165, 1.54) is 0 Å². The Labute approximate surface area is 92.0 Å². The zero-order valence-electron chi connectivity index (χ0n) is 8.03. The van der Waals surface area contributed by atoms with Crippen molar-refractivity contribution in [2.75, 3.05) is 11.9 Å². The maximum atomic E-state index is 11.7. The Morgan fingerprint density at radius 2 is 2.27 bits per heavy atom. The van der Waals surface area contributed by atoms with E-state index in [2.05, 4.69) is 15.5 Å². The van der Waals surface area contributed by atoms with E-state index in [0.717, 1.165) is 12.8 Å². The molecular weight excluding hydrogens is 216 g/mol. The van der Waals surface area contributed by atoms with E-state index in [9.17, 15) is 4.79 Å². The van der Waals surface area contributed by atoms with Crippen molar-refractivity contribution in [2.24, 2.45) is 11.1 Å². The highest BCUT2D eigenvalue weighted by molar-refractivity contribution is 6.29. The van der Waals surface area contributed by atoms with Gasteiger partial charge in [-0.05, 0) is 25.0 Å². The van der Waals surface area contributed by atoms with Crippen LogP contribution >= 0.6 is 11.6 Å². The maximum Gasteiger partial charge on any atom is 0.233 e. The Hall–Kier alpha value is -1.20. The summed E-state index contributed by atoms with van der Waals surface area (Å²) < 4.78 is 0. The smallest absolute Gasteiger partial charge is 0.233 e. The first kappa shape index (κ1) is 10.3. The molecule has 0 unspecified atom stereocenters. The van der Waals surface area contributed by atoms with E-state index < -0.39 is 0 Å². The number of amides is 1. The van der Waals surface area contributed by atoms with Crippen molar-refractivity contribution < 1.29 is 4.79 Å². The van der Waals surface area contributed by atoms with Crippen molar-refractivity contribution in [3.8, 4) is 0 Å². The Kier molecular flexibility index (Phi) is 2.58. The van der Waals surface area contributed by atoms with Gasteiger partial charge in [0.05, 0.1) is 5.41 Å². The van der Waals surface area contributed by atoms with Crippen LogP contribution in [0.1, 0.15) is 12.8 Å². The largest absolute Gasteiger partial charge is 0.329 e. The van der Waals surface area contributed by atoms with Gasteiger partial charge in [0.25, 0.3) is 0 Å². The molecule has 1 aromatic heterocycles. The van der Waals surface area contributed by atoms with Crippen molar-refractivity contribution >= 4 is 23.3 Å². The zero-order valence-corrected chi connectivity index (χ0v) is 8.79. The zero-order chi connectivity index (χ0) is 10.9. The number of halogens is 1. The number of anilines is 1. The summed E-state index contributed by atoms with van der Waals surface area (Å²) >= 11 is 5.57. The minimum Gasteiger partial charge on any atom is -0.329 e. The Bertz CT molecular complexity index is 374. The van der Waals surface area contributed by atoms with Gasteiger partial charge in [-0.15, -0.1) is 10.2 Å². The first-order chi connectivity index (χ1) is 7.16. The molecule has 0 spiro atoms. The number of nitrogens with zero attached hydrogens (tertiary/aromatic N) is 2. The summed E-state index contributed by atoms with van der Waals surface area (Å²) in [5.74, 6) is 0.325. The molecule has 6 heteroatoms. The Balaban J connectivity index is 2.03. The number of rotatable bonds is 3. The standard InChI is InChI=1S/C9H11ClN4O/c10-6-1-2-7(14-13-6)12-8(15)9(5-11)3-4-9/h1-2H,3-5,11H2,(H,12,14,15). The molecule has 1 saturated carbocycles. The van der Waals surface area contributed by atoms with Crippen LogP contribution in [0.25, 0.3) is 0 Å². The summed E-state index contributed by atoms with van der Waals surface area (Å²) in [5, 5.41) is 10.3. The minimum atomic E-state index is -0.374. The van der Waals surface area contributed by atoms with Crippen LogP contribution in [-0.4, -0.2) is 22.6 Å². The molecule has 0 bridgehead atoms. The lowest BCUT2D eigenvalue weighted by molar-refractivity contribution is -0.120. The molecule has 0 saturated heterocycles. The molecule has 15 heavy (non-hydrogen) atoms. The van der Waals surface area contributed by atoms with Crippen LogP contribution in [0.15, 0.2) is 12.1 Å². The first-order valence-electron chi connectivity index (χ1n) is 4.67. The fourth-order valence-electron chi connectivity index (χ4n) is 1.31. The highest BCUT2D eigenvalue weighted by Gasteiger charge is 2.48. The molecule has 0 aromatic carbocycles. The topological polar surface area (TPSA) is 80.9 Å². The molecule has 1 aromatic rings. The van der Waals surface area contributed by atoms with Gasteiger partial charge in [0, 0.05) is 6.54 Å². The van der Waals surface area contributed by atoms with Gasteiger partial charge in [-0.3, -0.25) is 4.79 Å². The van der Waals surface area contributed by atoms with E-state index in [-0.39, 0.29) is 11.3 Å². The van der Waals surface area contributed by atoms with E-state index >= 15 is 0 Å². The molecule has 0 atom stereocenters. The third-order valence-corrected chi connectivity index (χ3v) is 2.80. The monoisotopic (exact) mass is 226 g/mol. The number of hydrogen-bond acceptors (Lipinski definition) is 4. The molecule has 1 aliphatic rings. The molecule has 5 nitrogen and oxygen atoms in total. The summed E-state index contributed by atoms with van der Waals surface area (Å²) in [7, 11) is 0. The van der Waals surface area contributed by atoms with E-state index in [1.807, 2.05) is 0 Å². The van der Waals surface area contributed by atoms with Crippen molar-refractivity contribution in [3.63, 3.8) is 0 Å². The maximum absolute atomic E-state index is 11.7. The molecule has 1 amide bonds. The molecule has 1 heterocycles. The summed E-state index contributed by atoms with van der Waals surface area (Å²) in [5.41, 5.74) is 5.16. The number of aromatic nitrogens is 2. The van der Waals surface area contributed by atoms with Crippen LogP contribution in [0, 0.1) is 5.41 Å². The minimum absolute atomic E-state index is 0.0818. The van der Waals surface area contributed by atoms with Gasteiger partial charge in [-0.25, -0.2) is 0 Å². The van der Waals surface area contributed by atoms with Crippen LogP contribution in [0.3, 0.4) is 0 Å². The number of carbonyl (C=O) groups is 1. The summed E-state index contributed by atoms with van der Waals surface area (Å²) in [4.78, 5) is 11.7. The van der Waals surface area contributed by atoms with Crippen LogP contribution in [-0.2, 0) is 4.79 Å². The molecule has 3 N–H and O–H groups in total. The fourth-order valence-corrected chi connectivity index (χ4v) is 1.41. The molecule has 0 aliphatic heterocycles. The predicted octanol–water partition coefficient (Wildman–Crippen LogP) is 0.807. The van der Waals surface area contributed by atoms with Crippen LogP contribution in [0.5, 0.6) is 0 Å². The lowest BCUT2D eigenvalue weighted by Crippen LogP contribution is -2.31. The average molecular weight is 227 g/mol. The highest BCUT2D eigenvalue weighted by atomic mass is 35.5. The molecule has 80 valence electrons. The highest BCUT2D eigenvalue weighted by Crippen LogP contribution is 2.45. The Morgan fingerprint density at radius 3 is 2.73 bits per heavy atom. The normalized spacial score (nSPS) is 17.2. The van der Waals surface area contributed by atoms with E-state index in [4.69, 9.17) is 17.3 Å². The predicted molar refractivity (Wildman–Crippen MR) is 56.4 cm³/mol. The van der Waals surface area contributed by atoms with Gasteiger partial charge in [-0.2, -0.15) is 0 Å². The number of carbonyl (C=O) groups excluding carboxylic acids is 1. The Morgan fingerprint density at radius 1 is 1.53 bits per heavy atom. The van der Waals surface area contributed by atoms with Crippen LogP contribution in [0.4, 0.5) is 5.82 Å².